The summed E-state index contributed by atoms with van der Waals surface area (Å²) < 4.78 is 24.6. The molecule has 27 heavy (non-hydrogen) atoms. The van der Waals surface area contributed by atoms with E-state index in [0.717, 1.165) is 12.8 Å². The smallest absolute Gasteiger partial charge is 0.407 e. The Balaban J connectivity index is 2.62. The van der Waals surface area contributed by atoms with E-state index in [1.165, 1.54) is 12.1 Å². The van der Waals surface area contributed by atoms with Crippen LogP contribution in [-0.4, -0.2) is 31.4 Å². The van der Waals surface area contributed by atoms with Crippen LogP contribution < -0.4 is 10.1 Å². The van der Waals surface area contributed by atoms with Crippen molar-refractivity contribution in [2.45, 2.75) is 77.7 Å². The molecule has 1 aromatic carbocycles. The minimum Gasteiger partial charge on any atom is -0.493 e. The summed E-state index contributed by atoms with van der Waals surface area (Å²) >= 11 is 0. The average Bonchev–Trinajstić information content (AvgIpc) is 2.48. The summed E-state index contributed by atoms with van der Waals surface area (Å²) in [6.45, 7) is 13.9. The van der Waals surface area contributed by atoms with Crippen molar-refractivity contribution in [2.75, 3.05) is 6.61 Å². The van der Waals surface area contributed by atoms with Gasteiger partial charge in [0.05, 0.1) is 6.61 Å². The number of hydrogen-bond acceptors (Lipinski definition) is 4. The van der Waals surface area contributed by atoms with Gasteiger partial charge in [-0.1, -0.05) is 13.8 Å². The predicted molar refractivity (Wildman–Crippen MR) is 108 cm³/mol. The third-order valence-electron chi connectivity index (χ3n) is 4.70. The van der Waals surface area contributed by atoms with Gasteiger partial charge in [0.1, 0.15) is 17.2 Å². The molecule has 0 aromatic heterocycles. The molecule has 0 saturated heterocycles. The predicted octanol–water partition coefficient (Wildman–Crippen LogP) is 4.99. The molecule has 0 aliphatic carbocycles. The van der Waals surface area contributed by atoms with Gasteiger partial charge in [-0.15, -0.1) is 0 Å². The first kappa shape index (κ1) is 23.4. The molecule has 154 valence electrons. The molecule has 1 amide bonds. The fourth-order valence-corrected chi connectivity index (χ4v) is 3.10. The van der Waals surface area contributed by atoms with E-state index in [9.17, 15) is 14.0 Å². The van der Waals surface area contributed by atoms with Crippen LogP contribution in [0.2, 0.25) is 18.1 Å². The maximum Gasteiger partial charge on any atom is 0.407 e. The molecule has 0 heterocycles. The molecule has 0 spiro atoms. The lowest BCUT2D eigenvalue weighted by atomic mass is 10.1. The van der Waals surface area contributed by atoms with E-state index >= 15 is 0 Å². The van der Waals surface area contributed by atoms with Gasteiger partial charge < -0.3 is 19.6 Å². The number of halogens is 1. The van der Waals surface area contributed by atoms with E-state index in [0.29, 0.717) is 17.9 Å². The normalized spacial score (nSPS) is 12.6. The summed E-state index contributed by atoms with van der Waals surface area (Å²) in [5, 5.41) is 2.51. The molecule has 0 bridgehead atoms. The van der Waals surface area contributed by atoms with Crippen LogP contribution in [0.1, 0.15) is 53.0 Å². The number of ether oxygens (including phenoxy) is 2. The van der Waals surface area contributed by atoms with Crippen LogP contribution >= 0.6 is 0 Å². The molecule has 0 fully saturated rings. The van der Waals surface area contributed by atoms with Crippen LogP contribution in [0, 0.1) is 5.82 Å². The topological polar surface area (TPSA) is 67.8 Å². The van der Waals surface area contributed by atoms with Gasteiger partial charge in [-0.05, 0) is 69.9 Å². The van der Waals surface area contributed by atoms with Crippen LogP contribution in [-0.2, 0) is 11.3 Å². The van der Waals surface area contributed by atoms with Crippen molar-refractivity contribution < 1.29 is 23.5 Å². The van der Waals surface area contributed by atoms with Crippen molar-refractivity contribution in [1.82, 2.24) is 5.32 Å². The third kappa shape index (κ3) is 8.30. The van der Waals surface area contributed by atoms with Crippen LogP contribution in [0.5, 0.6) is 5.75 Å². The van der Waals surface area contributed by atoms with E-state index in [1.807, 2.05) is 13.1 Å². The van der Waals surface area contributed by atoms with E-state index < -0.39 is 25.8 Å². The van der Waals surface area contributed by atoms with Crippen molar-refractivity contribution in [1.29, 1.82) is 0 Å². The highest BCUT2D eigenvalue weighted by Crippen LogP contribution is 2.39. The van der Waals surface area contributed by atoms with Crippen molar-refractivity contribution in [3.05, 3.63) is 29.6 Å². The number of hydrogen-bond donors (Lipinski definition) is 2. The largest absolute Gasteiger partial charge is 0.493 e. The highest BCUT2D eigenvalue weighted by molar-refractivity contribution is 6.72. The van der Waals surface area contributed by atoms with Crippen molar-refractivity contribution >= 4 is 14.4 Å². The fourth-order valence-electron chi connectivity index (χ4n) is 2.31. The lowest BCUT2D eigenvalue weighted by Crippen LogP contribution is -2.39. The standard InChI is InChI=1S/C20H34FNO4Si/c1-19(2,3)26-18(23)22-14-15-13-16(21)9-10-17(15)25-12-8-11-20(4,5)27(6,7)24/h9-10,13,24H,8,11-12,14H2,1-7H3,(H,22,23). The van der Waals surface area contributed by atoms with Crippen molar-refractivity contribution in [3.8, 4) is 5.75 Å². The Bertz CT molecular complexity index is 636. The molecule has 1 aromatic rings. The van der Waals surface area contributed by atoms with Crippen LogP contribution in [0.15, 0.2) is 18.2 Å². The Morgan fingerprint density at radius 3 is 2.41 bits per heavy atom. The lowest BCUT2D eigenvalue weighted by Gasteiger charge is -2.35. The molecule has 7 heteroatoms. The summed E-state index contributed by atoms with van der Waals surface area (Å²) in [6, 6.07) is 4.25. The monoisotopic (exact) mass is 399 g/mol. The molecular weight excluding hydrogens is 365 g/mol. The second kappa shape index (κ2) is 9.06. The summed E-state index contributed by atoms with van der Waals surface area (Å²) in [7, 11) is -2.24. The Hall–Kier alpha value is -1.60. The number of carbonyl (C=O) groups is 1. The van der Waals surface area contributed by atoms with E-state index in [-0.39, 0.29) is 11.6 Å². The second-order valence-electron chi connectivity index (χ2n) is 9.00. The Morgan fingerprint density at radius 2 is 1.85 bits per heavy atom. The van der Waals surface area contributed by atoms with Gasteiger partial charge in [0.2, 0.25) is 0 Å². The van der Waals surface area contributed by atoms with Crippen molar-refractivity contribution in [3.63, 3.8) is 0 Å². The van der Waals surface area contributed by atoms with Gasteiger partial charge in [-0.3, -0.25) is 0 Å². The van der Waals surface area contributed by atoms with Gasteiger partial charge in [0.25, 0.3) is 0 Å². The first-order chi connectivity index (χ1) is 12.2. The number of nitrogens with one attached hydrogen (secondary N) is 1. The Kier molecular flexibility index (Phi) is 7.86. The zero-order valence-electron chi connectivity index (χ0n) is 17.6. The molecule has 0 aliphatic heterocycles. The zero-order chi connectivity index (χ0) is 20.9. The highest BCUT2D eigenvalue weighted by atomic mass is 28.4. The minimum atomic E-state index is -2.24. The Labute approximate surface area is 163 Å². The van der Waals surface area contributed by atoms with E-state index in [4.69, 9.17) is 9.47 Å². The molecular formula is C20H34FNO4Si. The molecule has 0 radical (unpaired) electrons. The summed E-state index contributed by atoms with van der Waals surface area (Å²) in [5.41, 5.74) is -0.0425. The Morgan fingerprint density at radius 1 is 1.22 bits per heavy atom. The zero-order valence-corrected chi connectivity index (χ0v) is 18.6. The lowest BCUT2D eigenvalue weighted by molar-refractivity contribution is 0.0523. The van der Waals surface area contributed by atoms with Gasteiger partial charge in [0.15, 0.2) is 8.32 Å². The van der Waals surface area contributed by atoms with Crippen LogP contribution in [0.3, 0.4) is 0 Å². The summed E-state index contributed by atoms with van der Waals surface area (Å²) in [4.78, 5) is 22.1. The second-order valence-corrected chi connectivity index (χ2v) is 13.5. The first-order valence-electron chi connectivity index (χ1n) is 9.32. The summed E-state index contributed by atoms with van der Waals surface area (Å²) in [5.74, 6) is 0.142. The van der Waals surface area contributed by atoms with E-state index in [2.05, 4.69) is 19.2 Å². The van der Waals surface area contributed by atoms with E-state index in [1.54, 1.807) is 26.8 Å². The van der Waals surface area contributed by atoms with Crippen LogP contribution in [0.4, 0.5) is 9.18 Å². The fraction of sp³-hybridized carbons (Fsp3) is 0.650. The molecule has 0 aliphatic rings. The molecule has 2 N–H and O–H groups in total. The molecule has 0 atom stereocenters. The SMILES string of the molecule is CC(C)(C)OC(=O)NCc1cc(F)ccc1OCCCC(C)(C)[Si](C)(C)O. The number of rotatable bonds is 8. The average molecular weight is 400 g/mol. The minimum absolute atomic E-state index is 0.111. The maximum atomic E-state index is 13.6. The van der Waals surface area contributed by atoms with Gasteiger partial charge in [0, 0.05) is 12.1 Å². The third-order valence-corrected chi connectivity index (χ3v) is 8.27. The van der Waals surface area contributed by atoms with Crippen LogP contribution in [0.25, 0.3) is 0 Å². The number of benzene rings is 1. The summed E-state index contributed by atoms with van der Waals surface area (Å²) in [6.07, 6.45) is 1.06. The number of carbonyl (C=O) groups excluding carboxylic acids is 1. The molecule has 0 saturated carbocycles. The first-order valence-corrected chi connectivity index (χ1v) is 12.3. The van der Waals surface area contributed by atoms with Gasteiger partial charge in [-0.2, -0.15) is 0 Å². The number of amides is 1. The molecule has 1 rings (SSSR count). The quantitative estimate of drug-likeness (QED) is 0.477. The van der Waals surface area contributed by atoms with Gasteiger partial charge in [-0.25, -0.2) is 9.18 Å². The maximum absolute atomic E-state index is 13.6. The van der Waals surface area contributed by atoms with Crippen molar-refractivity contribution in [2.24, 2.45) is 0 Å². The number of alkyl carbamates (subject to hydrolysis) is 1. The van der Waals surface area contributed by atoms with Gasteiger partial charge >= 0.3 is 6.09 Å². The highest BCUT2D eigenvalue weighted by Gasteiger charge is 2.37. The molecule has 5 nitrogen and oxygen atoms in total. The molecule has 0 unspecified atom stereocenters.